The molecule has 5 nitrogen and oxygen atoms in total. The minimum Gasteiger partial charge on any atom is -0.468 e. The van der Waals surface area contributed by atoms with Gasteiger partial charge in [-0.25, -0.2) is 0 Å². The molecule has 5 heteroatoms. The first-order chi connectivity index (χ1) is 6.65. The van der Waals surface area contributed by atoms with Gasteiger partial charge in [-0.1, -0.05) is 6.92 Å². The molecule has 1 N–H and O–H groups in total. The van der Waals surface area contributed by atoms with Crippen LogP contribution in [0.5, 0.6) is 0 Å². The summed E-state index contributed by atoms with van der Waals surface area (Å²) in [6.45, 7) is 2.19. The molecule has 0 radical (unpaired) electrons. The van der Waals surface area contributed by atoms with Crippen LogP contribution in [0, 0.1) is 0 Å². The highest BCUT2D eigenvalue weighted by Gasteiger charge is 2.15. The van der Waals surface area contributed by atoms with E-state index in [1.54, 1.807) is 0 Å². The highest BCUT2D eigenvalue weighted by atomic mass is 16.5. The van der Waals surface area contributed by atoms with Crippen molar-refractivity contribution >= 4 is 11.9 Å². The number of esters is 1. The fourth-order valence-corrected chi connectivity index (χ4v) is 1.04. The monoisotopic (exact) mass is 203 g/mol. The Bertz CT molecular complexity index is 193. The van der Waals surface area contributed by atoms with Crippen LogP contribution >= 0.6 is 0 Å². The van der Waals surface area contributed by atoms with E-state index in [9.17, 15) is 9.59 Å². The van der Waals surface area contributed by atoms with E-state index in [-0.39, 0.29) is 25.5 Å². The van der Waals surface area contributed by atoms with Crippen molar-refractivity contribution in [2.24, 2.45) is 0 Å². The first-order valence-corrected chi connectivity index (χ1v) is 4.61. The van der Waals surface area contributed by atoms with Gasteiger partial charge in [0.1, 0.15) is 6.54 Å². The number of nitrogens with zero attached hydrogens (tertiary/aromatic N) is 1. The minimum absolute atomic E-state index is 0.0385. The molecule has 0 rings (SSSR count). The largest absolute Gasteiger partial charge is 0.468 e. The fourth-order valence-electron chi connectivity index (χ4n) is 1.04. The molecule has 1 amide bonds. The molecule has 0 fully saturated rings. The van der Waals surface area contributed by atoms with Crippen molar-refractivity contribution in [1.82, 2.24) is 4.90 Å². The Balaban J connectivity index is 4.13. The number of carbonyl (C=O) groups excluding carboxylic acids is 2. The summed E-state index contributed by atoms with van der Waals surface area (Å²) in [5.41, 5.74) is 0. The maximum Gasteiger partial charge on any atom is 0.325 e. The lowest BCUT2D eigenvalue weighted by Gasteiger charge is -2.20. The fraction of sp³-hybridized carbons (Fsp3) is 0.778. The number of hydrogen-bond acceptors (Lipinski definition) is 4. The first-order valence-electron chi connectivity index (χ1n) is 4.61. The number of methoxy groups -OCH3 is 1. The van der Waals surface area contributed by atoms with Gasteiger partial charge in [-0.3, -0.25) is 9.59 Å². The molecule has 0 aromatic carbocycles. The van der Waals surface area contributed by atoms with Gasteiger partial charge in [0.15, 0.2) is 0 Å². The minimum atomic E-state index is -0.440. The summed E-state index contributed by atoms with van der Waals surface area (Å²) in [5, 5.41) is 8.58. The summed E-state index contributed by atoms with van der Waals surface area (Å²) in [6, 6.07) is 0. The Kier molecular flexibility index (Phi) is 6.74. The zero-order valence-corrected chi connectivity index (χ0v) is 8.65. The van der Waals surface area contributed by atoms with Gasteiger partial charge in [0.25, 0.3) is 0 Å². The smallest absolute Gasteiger partial charge is 0.325 e. The summed E-state index contributed by atoms with van der Waals surface area (Å²) < 4.78 is 4.46. The standard InChI is InChI=1S/C9H17NO4/c1-3-5-10(7-9(13)14-2)8(12)4-6-11/h11H,3-7H2,1-2H3. The molecule has 14 heavy (non-hydrogen) atoms. The first kappa shape index (κ1) is 12.9. The van der Waals surface area contributed by atoms with Crippen molar-refractivity contribution in [3.63, 3.8) is 0 Å². The highest BCUT2D eigenvalue weighted by Crippen LogP contribution is 1.97. The van der Waals surface area contributed by atoms with Gasteiger partial charge in [-0.2, -0.15) is 0 Å². The Morgan fingerprint density at radius 3 is 2.50 bits per heavy atom. The van der Waals surface area contributed by atoms with Crippen LogP contribution < -0.4 is 0 Å². The van der Waals surface area contributed by atoms with Crippen LogP contribution in [0.4, 0.5) is 0 Å². The summed E-state index contributed by atoms with van der Waals surface area (Å²) in [4.78, 5) is 23.7. The van der Waals surface area contributed by atoms with Gasteiger partial charge in [-0.05, 0) is 6.42 Å². The van der Waals surface area contributed by atoms with Gasteiger partial charge in [0.2, 0.25) is 5.91 Å². The van der Waals surface area contributed by atoms with Gasteiger partial charge in [0.05, 0.1) is 13.7 Å². The second-order valence-corrected chi connectivity index (χ2v) is 2.87. The molecule has 0 bridgehead atoms. The molecule has 0 heterocycles. The van der Waals surface area contributed by atoms with Gasteiger partial charge < -0.3 is 14.7 Å². The SMILES string of the molecule is CCCN(CC(=O)OC)C(=O)CCO. The molecular formula is C9H17NO4. The highest BCUT2D eigenvalue weighted by molar-refractivity contribution is 5.82. The zero-order chi connectivity index (χ0) is 11.0. The second-order valence-electron chi connectivity index (χ2n) is 2.87. The maximum atomic E-state index is 11.3. The molecule has 0 aliphatic heterocycles. The lowest BCUT2D eigenvalue weighted by molar-refractivity contribution is -0.147. The molecule has 0 aromatic rings. The number of hydrogen-bond donors (Lipinski definition) is 1. The Morgan fingerprint density at radius 1 is 1.43 bits per heavy atom. The van der Waals surface area contributed by atoms with E-state index in [1.807, 2.05) is 6.92 Å². The molecule has 0 unspecified atom stereocenters. The predicted molar refractivity (Wildman–Crippen MR) is 50.6 cm³/mol. The predicted octanol–water partition coefficient (Wildman–Crippen LogP) is -0.220. The van der Waals surface area contributed by atoms with Crippen LogP contribution in [0.1, 0.15) is 19.8 Å². The zero-order valence-electron chi connectivity index (χ0n) is 8.65. The molecule has 82 valence electrons. The third kappa shape index (κ3) is 4.81. The number of carbonyl (C=O) groups is 2. The summed E-state index contributed by atoms with van der Waals surface area (Å²) in [5.74, 6) is -0.663. The lowest BCUT2D eigenvalue weighted by atomic mass is 10.3. The van der Waals surface area contributed by atoms with E-state index in [4.69, 9.17) is 5.11 Å². The van der Waals surface area contributed by atoms with Crippen LogP contribution in [-0.2, 0) is 14.3 Å². The van der Waals surface area contributed by atoms with E-state index in [1.165, 1.54) is 12.0 Å². The average molecular weight is 203 g/mol. The van der Waals surface area contributed by atoms with Crippen molar-refractivity contribution in [2.75, 3.05) is 26.8 Å². The summed E-state index contributed by atoms with van der Waals surface area (Å²) in [7, 11) is 1.28. The van der Waals surface area contributed by atoms with Crippen molar-refractivity contribution in [1.29, 1.82) is 0 Å². The van der Waals surface area contributed by atoms with Crippen molar-refractivity contribution in [3.05, 3.63) is 0 Å². The Hall–Kier alpha value is -1.10. The van der Waals surface area contributed by atoms with E-state index < -0.39 is 5.97 Å². The number of aliphatic hydroxyl groups is 1. The van der Waals surface area contributed by atoms with Crippen LogP contribution in [-0.4, -0.2) is 48.7 Å². The third-order valence-electron chi connectivity index (χ3n) is 1.72. The quantitative estimate of drug-likeness (QED) is 0.606. The van der Waals surface area contributed by atoms with Crippen LogP contribution in [0.3, 0.4) is 0 Å². The summed E-state index contributed by atoms with van der Waals surface area (Å²) in [6.07, 6.45) is 0.825. The van der Waals surface area contributed by atoms with Crippen molar-refractivity contribution in [3.8, 4) is 0 Å². The van der Waals surface area contributed by atoms with Crippen molar-refractivity contribution in [2.45, 2.75) is 19.8 Å². The number of ether oxygens (including phenoxy) is 1. The molecular weight excluding hydrogens is 186 g/mol. The lowest BCUT2D eigenvalue weighted by Crippen LogP contribution is -2.37. The summed E-state index contributed by atoms with van der Waals surface area (Å²) >= 11 is 0. The van der Waals surface area contributed by atoms with Crippen LogP contribution in [0.2, 0.25) is 0 Å². The third-order valence-corrected chi connectivity index (χ3v) is 1.72. The van der Waals surface area contributed by atoms with E-state index in [0.29, 0.717) is 6.54 Å². The van der Waals surface area contributed by atoms with Gasteiger partial charge in [0, 0.05) is 13.0 Å². The number of rotatable bonds is 6. The Morgan fingerprint density at radius 2 is 2.07 bits per heavy atom. The van der Waals surface area contributed by atoms with E-state index in [2.05, 4.69) is 4.74 Å². The molecule has 0 aromatic heterocycles. The second kappa shape index (κ2) is 7.32. The molecule has 0 spiro atoms. The van der Waals surface area contributed by atoms with Crippen LogP contribution in [0.25, 0.3) is 0 Å². The Labute approximate surface area is 83.6 Å². The van der Waals surface area contributed by atoms with Crippen molar-refractivity contribution < 1.29 is 19.4 Å². The van der Waals surface area contributed by atoms with Crippen LogP contribution in [0.15, 0.2) is 0 Å². The molecule has 0 atom stereocenters. The van der Waals surface area contributed by atoms with Gasteiger partial charge >= 0.3 is 5.97 Å². The topological polar surface area (TPSA) is 66.8 Å². The maximum absolute atomic E-state index is 11.3. The number of aliphatic hydroxyl groups excluding tert-OH is 1. The van der Waals surface area contributed by atoms with Gasteiger partial charge in [-0.15, -0.1) is 0 Å². The average Bonchev–Trinajstić information content (AvgIpc) is 2.17. The van der Waals surface area contributed by atoms with E-state index in [0.717, 1.165) is 6.42 Å². The molecule has 0 saturated carbocycles. The van der Waals surface area contributed by atoms with E-state index >= 15 is 0 Å². The number of amides is 1. The normalized spacial score (nSPS) is 9.64. The molecule has 0 aliphatic carbocycles. The molecule has 0 saturated heterocycles. The molecule has 0 aliphatic rings.